The van der Waals surface area contributed by atoms with Gasteiger partial charge >= 0.3 is 17.7 Å². The number of carbonyl (C=O) groups excluding carboxylic acids is 1. The summed E-state index contributed by atoms with van der Waals surface area (Å²) < 4.78 is 21.5. The third kappa shape index (κ3) is 6.55. The first-order valence-electron chi connectivity index (χ1n) is 12.0. The highest BCUT2D eigenvalue weighted by molar-refractivity contribution is 6.30. The Labute approximate surface area is 224 Å². The van der Waals surface area contributed by atoms with Crippen LogP contribution in [0.2, 0.25) is 5.02 Å². The van der Waals surface area contributed by atoms with Crippen LogP contribution in [0.3, 0.4) is 0 Å². The Morgan fingerprint density at radius 1 is 1.00 bits per heavy atom. The summed E-state index contributed by atoms with van der Waals surface area (Å²) in [6.07, 6.45) is -0.187. The Kier molecular flexibility index (Phi) is 8.73. The van der Waals surface area contributed by atoms with Crippen molar-refractivity contribution in [3.63, 3.8) is 0 Å². The van der Waals surface area contributed by atoms with E-state index < -0.39 is 23.8 Å². The Balaban J connectivity index is 1.31. The van der Waals surface area contributed by atoms with Gasteiger partial charge in [0, 0.05) is 17.6 Å². The number of benzene rings is 3. The van der Waals surface area contributed by atoms with Crippen molar-refractivity contribution in [3.8, 4) is 17.2 Å². The molecule has 9 nitrogen and oxygen atoms in total. The average molecular weight is 542 g/mol. The predicted molar refractivity (Wildman–Crippen MR) is 139 cm³/mol. The molecule has 1 heterocycles. The minimum absolute atomic E-state index is 0.0272. The molecule has 3 N–H and O–H groups in total. The third-order valence-corrected chi connectivity index (χ3v) is 6.06. The van der Waals surface area contributed by atoms with Crippen molar-refractivity contribution in [2.75, 3.05) is 19.8 Å². The van der Waals surface area contributed by atoms with E-state index >= 15 is 0 Å². The number of aliphatic hydroxyl groups excluding tert-OH is 1. The molecule has 3 aromatic rings. The van der Waals surface area contributed by atoms with E-state index in [0.29, 0.717) is 29.3 Å². The molecule has 1 aliphatic rings. The van der Waals surface area contributed by atoms with Crippen LogP contribution in [-0.4, -0.2) is 53.7 Å². The number of fused-ring (bicyclic) bond motifs is 1. The smallest absolute Gasteiger partial charge is 0.453 e. The first kappa shape index (κ1) is 27.3. The number of hydrogen-bond acceptors (Lipinski definition) is 8. The molecule has 1 aliphatic heterocycles. The van der Waals surface area contributed by atoms with Gasteiger partial charge in [-0.2, -0.15) is 0 Å². The van der Waals surface area contributed by atoms with Gasteiger partial charge in [-0.25, -0.2) is 9.59 Å². The number of esters is 1. The van der Waals surface area contributed by atoms with Gasteiger partial charge in [0.1, 0.15) is 19.0 Å². The number of nitrogens with one attached hydrogen (secondary N) is 1. The molecule has 0 aromatic heterocycles. The number of rotatable bonds is 12. The quantitative estimate of drug-likeness (QED) is 0.178. The van der Waals surface area contributed by atoms with E-state index in [1.807, 2.05) is 13.0 Å². The molecular weight excluding hydrogens is 514 g/mol. The molecular formula is C28H28ClNO8. The van der Waals surface area contributed by atoms with E-state index in [4.69, 9.17) is 30.5 Å². The highest BCUT2D eigenvalue weighted by Gasteiger charge is 2.58. The number of hydrogen-bond donors (Lipinski definition) is 3. The molecule has 3 atom stereocenters. The van der Waals surface area contributed by atoms with Crippen LogP contribution < -0.4 is 19.5 Å². The number of aliphatic carboxylic acids is 1. The predicted octanol–water partition coefficient (Wildman–Crippen LogP) is 3.77. The number of para-hydroxylation sites is 1. The van der Waals surface area contributed by atoms with Gasteiger partial charge in [-0.05, 0) is 60.9 Å². The molecule has 0 aliphatic carbocycles. The van der Waals surface area contributed by atoms with Gasteiger partial charge in [-0.3, -0.25) is 0 Å². The van der Waals surface area contributed by atoms with E-state index in [1.54, 1.807) is 66.7 Å². The zero-order valence-corrected chi connectivity index (χ0v) is 21.4. The van der Waals surface area contributed by atoms with Gasteiger partial charge in [-0.15, -0.1) is 0 Å². The zero-order valence-electron chi connectivity index (χ0n) is 20.6. The summed E-state index contributed by atoms with van der Waals surface area (Å²) in [6.45, 7) is 2.10. The molecule has 3 aromatic carbocycles. The van der Waals surface area contributed by atoms with Gasteiger partial charge in [-0.1, -0.05) is 48.0 Å². The molecule has 4 rings (SSSR count). The van der Waals surface area contributed by atoms with Crippen molar-refractivity contribution < 1.29 is 38.7 Å². The van der Waals surface area contributed by atoms with E-state index in [0.717, 1.165) is 5.56 Å². The van der Waals surface area contributed by atoms with Gasteiger partial charge < -0.3 is 34.5 Å². The molecule has 0 bridgehead atoms. The van der Waals surface area contributed by atoms with E-state index in [-0.39, 0.29) is 30.8 Å². The molecule has 1 unspecified atom stereocenters. The average Bonchev–Trinajstić information content (AvgIpc) is 3.31. The molecule has 200 valence electrons. The number of halogens is 1. The van der Waals surface area contributed by atoms with Gasteiger partial charge in [0.05, 0.1) is 6.10 Å². The maximum atomic E-state index is 12.7. The highest BCUT2D eigenvalue weighted by atomic mass is 35.5. The van der Waals surface area contributed by atoms with Gasteiger partial charge in [0.15, 0.2) is 11.5 Å². The lowest BCUT2D eigenvalue weighted by molar-refractivity contribution is -0.199. The largest absolute Gasteiger partial charge is 0.490 e. The molecule has 10 heteroatoms. The Hall–Kier alpha value is -3.79. The fourth-order valence-electron chi connectivity index (χ4n) is 3.91. The second kappa shape index (κ2) is 12.2. The van der Waals surface area contributed by atoms with Crippen LogP contribution in [0.15, 0.2) is 72.8 Å². The van der Waals surface area contributed by atoms with Gasteiger partial charge in [0.2, 0.25) is 0 Å². The molecule has 0 saturated heterocycles. The van der Waals surface area contributed by atoms with Crippen molar-refractivity contribution in [2.24, 2.45) is 0 Å². The van der Waals surface area contributed by atoms with Crippen molar-refractivity contribution in [3.05, 3.63) is 88.9 Å². The summed E-state index contributed by atoms with van der Waals surface area (Å²) in [5.41, 5.74) is 1.53. The topological polar surface area (TPSA) is 124 Å². The van der Waals surface area contributed by atoms with E-state index in [9.17, 15) is 19.8 Å². The lowest BCUT2D eigenvalue weighted by Crippen LogP contribution is -2.55. The SMILES string of the molecule is C[C@H](Cc1ccc2c(c1)OC(C(=O)O)(C(=O)OCCOc1ccccc1)O2)NC[C@H](O)c1cccc(Cl)c1. The minimum Gasteiger partial charge on any atom is -0.490 e. The van der Waals surface area contributed by atoms with Crippen LogP contribution in [0.5, 0.6) is 17.2 Å². The first-order valence-corrected chi connectivity index (χ1v) is 12.4. The van der Waals surface area contributed by atoms with Crippen molar-refractivity contribution in [2.45, 2.75) is 31.3 Å². The molecule has 38 heavy (non-hydrogen) atoms. The summed E-state index contributed by atoms with van der Waals surface area (Å²) in [4.78, 5) is 24.7. The second-order valence-corrected chi connectivity index (χ2v) is 9.23. The Morgan fingerprint density at radius 2 is 1.76 bits per heavy atom. The maximum absolute atomic E-state index is 12.7. The lowest BCUT2D eigenvalue weighted by atomic mass is 10.1. The van der Waals surface area contributed by atoms with Crippen molar-refractivity contribution in [1.29, 1.82) is 0 Å². The number of carboxylic acid groups (broad SMARTS) is 1. The number of aliphatic hydroxyl groups is 1. The summed E-state index contributed by atoms with van der Waals surface area (Å²) in [5.74, 6) is -4.64. The molecule has 0 spiro atoms. The summed E-state index contributed by atoms with van der Waals surface area (Å²) in [5, 5.41) is 24.0. The summed E-state index contributed by atoms with van der Waals surface area (Å²) in [6, 6.07) is 20.9. The van der Waals surface area contributed by atoms with Crippen molar-refractivity contribution in [1.82, 2.24) is 5.32 Å². The van der Waals surface area contributed by atoms with Crippen molar-refractivity contribution >= 4 is 23.5 Å². The summed E-state index contributed by atoms with van der Waals surface area (Å²) >= 11 is 5.99. The van der Waals surface area contributed by atoms with Crippen LogP contribution in [-0.2, 0) is 20.7 Å². The minimum atomic E-state index is -2.64. The normalized spacial score (nSPS) is 17.4. The number of carboxylic acids is 1. The number of ether oxygens (including phenoxy) is 4. The molecule has 0 amide bonds. The summed E-state index contributed by atoms with van der Waals surface area (Å²) in [7, 11) is 0. The van der Waals surface area contributed by atoms with Crippen LogP contribution in [0.25, 0.3) is 0 Å². The second-order valence-electron chi connectivity index (χ2n) is 8.79. The third-order valence-electron chi connectivity index (χ3n) is 5.83. The van der Waals surface area contributed by atoms with E-state index in [1.165, 1.54) is 0 Å². The zero-order chi connectivity index (χ0) is 27.1. The van der Waals surface area contributed by atoms with Crippen LogP contribution >= 0.6 is 11.6 Å². The van der Waals surface area contributed by atoms with Crippen LogP contribution in [0.4, 0.5) is 0 Å². The fourth-order valence-corrected chi connectivity index (χ4v) is 4.11. The molecule has 0 fully saturated rings. The van der Waals surface area contributed by atoms with E-state index in [2.05, 4.69) is 5.32 Å². The standard InChI is InChI=1S/C28H28ClNO8/c1-18(30-17-23(31)20-6-5-7-21(29)16-20)14-19-10-11-24-25(15-19)38-28(37-24,26(32)33)27(34)36-13-12-35-22-8-3-2-4-9-22/h2-11,15-16,18,23,30-31H,12-14,17H2,1H3,(H,32,33)/t18-,23+,28?/m1/s1. The van der Waals surface area contributed by atoms with Gasteiger partial charge in [0.25, 0.3) is 0 Å². The fraction of sp³-hybridized carbons (Fsp3) is 0.286. The maximum Gasteiger partial charge on any atom is 0.453 e. The first-order chi connectivity index (χ1) is 18.3. The van der Waals surface area contributed by atoms with Crippen LogP contribution in [0.1, 0.15) is 24.2 Å². The monoisotopic (exact) mass is 541 g/mol. The molecule has 0 saturated carbocycles. The lowest BCUT2D eigenvalue weighted by Gasteiger charge is -2.20. The molecule has 0 radical (unpaired) electrons. The number of carbonyl (C=O) groups is 2. The Bertz CT molecular complexity index is 1270. The highest BCUT2D eigenvalue weighted by Crippen LogP contribution is 2.41. The Morgan fingerprint density at radius 3 is 2.50 bits per heavy atom. The van der Waals surface area contributed by atoms with Crippen LogP contribution in [0, 0.1) is 0 Å².